The first-order valence-corrected chi connectivity index (χ1v) is 9.98. The van der Waals surface area contributed by atoms with Gasteiger partial charge < -0.3 is 21.1 Å². The summed E-state index contributed by atoms with van der Waals surface area (Å²) in [7, 11) is 1.88. The van der Waals surface area contributed by atoms with Gasteiger partial charge in [0.05, 0.1) is 6.61 Å². The fourth-order valence-corrected chi connectivity index (χ4v) is 3.59. The number of nitrogens with two attached hydrogens (primary N) is 1. The third kappa shape index (κ3) is 6.21. The number of piperidine rings is 1. The van der Waals surface area contributed by atoms with Crippen LogP contribution in [0.15, 0.2) is 18.2 Å². The van der Waals surface area contributed by atoms with Crippen LogP contribution in [0.25, 0.3) is 0 Å². The lowest BCUT2D eigenvalue weighted by molar-refractivity contribution is -0.119. The molecule has 1 amide bonds. The van der Waals surface area contributed by atoms with Gasteiger partial charge in [-0.05, 0) is 70.3 Å². The Balaban J connectivity index is 1.94. The van der Waals surface area contributed by atoms with Gasteiger partial charge in [-0.2, -0.15) is 0 Å². The minimum Gasteiger partial charge on any atom is -0.388 e. The summed E-state index contributed by atoms with van der Waals surface area (Å²) in [5.74, 6) is 0.452. The predicted octanol–water partition coefficient (Wildman–Crippen LogP) is 2.47. The van der Waals surface area contributed by atoms with Gasteiger partial charge in [0, 0.05) is 30.3 Å². The highest BCUT2D eigenvalue weighted by atomic mass is 16.5. The number of carbonyl (C=O) groups is 1. The van der Waals surface area contributed by atoms with Crippen LogP contribution in [0.3, 0.4) is 0 Å². The van der Waals surface area contributed by atoms with Crippen LogP contribution in [-0.2, 0) is 9.53 Å². The van der Waals surface area contributed by atoms with Gasteiger partial charge in [-0.15, -0.1) is 0 Å². The second-order valence-corrected chi connectivity index (χ2v) is 8.31. The van der Waals surface area contributed by atoms with Crippen molar-refractivity contribution in [3.05, 3.63) is 29.3 Å². The summed E-state index contributed by atoms with van der Waals surface area (Å²) in [4.78, 5) is 13.2. The molecule has 5 N–H and O–H groups in total. The van der Waals surface area contributed by atoms with Gasteiger partial charge in [-0.25, -0.2) is 0 Å². The van der Waals surface area contributed by atoms with Crippen LogP contribution in [0, 0.1) is 5.41 Å². The standard InChI is InChI=1S/C21H35N5O2/c1-21(2,3)26-10-7-15(8-11-26)16-5-6-17(18(13-16)24-4)20(23)25-14-28-12-9-19(22)27/h5-6,13,15,24H,7-12,14H2,1-4H3,(H2,22,27)(H2,23,25). The van der Waals surface area contributed by atoms with Crippen molar-refractivity contribution in [1.29, 1.82) is 5.41 Å². The molecule has 1 heterocycles. The van der Waals surface area contributed by atoms with Gasteiger partial charge in [0.15, 0.2) is 0 Å². The van der Waals surface area contributed by atoms with Crippen LogP contribution in [0.1, 0.15) is 57.1 Å². The summed E-state index contributed by atoms with van der Waals surface area (Å²) in [5, 5.41) is 14.4. The van der Waals surface area contributed by atoms with Crippen LogP contribution in [0.2, 0.25) is 0 Å². The Bertz CT molecular complexity index is 676. The minimum absolute atomic E-state index is 0.169. The molecule has 1 aromatic rings. The zero-order valence-electron chi connectivity index (χ0n) is 17.6. The topological polar surface area (TPSA) is 103 Å². The molecule has 1 aliphatic rings. The minimum atomic E-state index is -0.392. The highest BCUT2D eigenvalue weighted by Crippen LogP contribution is 2.33. The SMILES string of the molecule is CNc1cc(C2CCN(C(C)(C)C)CC2)ccc1C(=N)NCOCCC(N)=O. The van der Waals surface area contributed by atoms with E-state index in [4.69, 9.17) is 15.9 Å². The van der Waals surface area contributed by atoms with E-state index in [2.05, 4.69) is 48.4 Å². The van der Waals surface area contributed by atoms with Crippen molar-refractivity contribution < 1.29 is 9.53 Å². The summed E-state index contributed by atoms with van der Waals surface area (Å²) in [6, 6.07) is 6.30. The fourth-order valence-electron chi connectivity index (χ4n) is 3.59. The zero-order valence-corrected chi connectivity index (χ0v) is 17.6. The van der Waals surface area contributed by atoms with Crippen molar-refractivity contribution in [2.75, 3.05) is 38.8 Å². The third-order valence-corrected chi connectivity index (χ3v) is 5.34. The number of nitrogens with zero attached hydrogens (tertiary/aromatic N) is 1. The Morgan fingerprint density at radius 1 is 1.32 bits per heavy atom. The summed E-state index contributed by atoms with van der Waals surface area (Å²) in [5.41, 5.74) is 8.37. The van der Waals surface area contributed by atoms with E-state index in [1.165, 1.54) is 5.56 Å². The summed E-state index contributed by atoms with van der Waals surface area (Å²) >= 11 is 0. The molecule has 0 atom stereocenters. The van der Waals surface area contributed by atoms with Crippen molar-refractivity contribution in [3.63, 3.8) is 0 Å². The molecule has 1 saturated heterocycles. The number of rotatable bonds is 8. The number of benzene rings is 1. The molecular formula is C21H35N5O2. The molecule has 28 heavy (non-hydrogen) atoms. The quantitative estimate of drug-likeness (QED) is 0.237. The number of amidine groups is 1. The van der Waals surface area contributed by atoms with E-state index in [1.807, 2.05) is 13.1 Å². The first kappa shape index (κ1) is 22.2. The van der Waals surface area contributed by atoms with E-state index >= 15 is 0 Å². The lowest BCUT2D eigenvalue weighted by atomic mass is 9.86. The maximum atomic E-state index is 10.7. The Morgan fingerprint density at radius 3 is 2.57 bits per heavy atom. The number of hydrogen-bond acceptors (Lipinski definition) is 5. The highest BCUT2D eigenvalue weighted by Gasteiger charge is 2.27. The second-order valence-electron chi connectivity index (χ2n) is 8.31. The van der Waals surface area contributed by atoms with E-state index in [0.717, 1.165) is 37.2 Å². The molecule has 7 nitrogen and oxygen atoms in total. The van der Waals surface area contributed by atoms with Crippen LogP contribution in [-0.4, -0.2) is 55.7 Å². The molecule has 156 valence electrons. The van der Waals surface area contributed by atoms with Gasteiger partial charge >= 0.3 is 0 Å². The number of ether oxygens (including phenoxy) is 1. The van der Waals surface area contributed by atoms with Crippen molar-refractivity contribution in [1.82, 2.24) is 10.2 Å². The molecule has 1 aliphatic heterocycles. The van der Waals surface area contributed by atoms with Crippen molar-refractivity contribution >= 4 is 17.4 Å². The molecule has 2 rings (SSSR count). The maximum absolute atomic E-state index is 10.7. The van der Waals surface area contributed by atoms with Crippen LogP contribution in [0.4, 0.5) is 5.69 Å². The van der Waals surface area contributed by atoms with Crippen molar-refractivity contribution in [2.24, 2.45) is 5.73 Å². The Kier molecular flexibility index (Phi) is 7.83. The third-order valence-electron chi connectivity index (χ3n) is 5.34. The number of amides is 1. The van der Waals surface area contributed by atoms with Gasteiger partial charge in [0.2, 0.25) is 5.91 Å². The van der Waals surface area contributed by atoms with Gasteiger partial charge in [0.1, 0.15) is 12.6 Å². The first-order valence-electron chi connectivity index (χ1n) is 9.98. The molecule has 1 aromatic carbocycles. The Morgan fingerprint density at radius 2 is 2.00 bits per heavy atom. The largest absolute Gasteiger partial charge is 0.388 e. The van der Waals surface area contributed by atoms with E-state index in [-0.39, 0.29) is 31.1 Å². The molecule has 1 fully saturated rings. The van der Waals surface area contributed by atoms with Crippen LogP contribution < -0.4 is 16.4 Å². The zero-order chi connectivity index (χ0) is 20.7. The van der Waals surface area contributed by atoms with Gasteiger partial charge in [-0.1, -0.05) is 6.07 Å². The average molecular weight is 390 g/mol. The van der Waals surface area contributed by atoms with E-state index in [1.54, 1.807) is 0 Å². The number of primary amides is 1. The molecule has 0 aliphatic carbocycles. The summed E-state index contributed by atoms with van der Waals surface area (Å²) < 4.78 is 5.29. The van der Waals surface area contributed by atoms with Crippen LogP contribution in [0.5, 0.6) is 0 Å². The molecule has 0 bridgehead atoms. The Hall–Kier alpha value is -2.12. The lowest BCUT2D eigenvalue weighted by Crippen LogP contribution is -2.45. The fraction of sp³-hybridized carbons (Fsp3) is 0.619. The lowest BCUT2D eigenvalue weighted by Gasteiger charge is -2.41. The summed E-state index contributed by atoms with van der Waals surface area (Å²) in [6.45, 7) is 9.48. The molecule has 0 unspecified atom stereocenters. The number of carbonyl (C=O) groups excluding carboxylic acids is 1. The first-order chi connectivity index (χ1) is 13.2. The van der Waals surface area contributed by atoms with Gasteiger partial charge in [-0.3, -0.25) is 15.1 Å². The molecule has 0 radical (unpaired) electrons. The second kappa shape index (κ2) is 9.89. The summed E-state index contributed by atoms with van der Waals surface area (Å²) in [6.07, 6.45) is 2.49. The van der Waals surface area contributed by atoms with E-state index in [0.29, 0.717) is 5.92 Å². The number of likely N-dealkylation sites (tertiary alicyclic amines) is 1. The molecule has 0 aromatic heterocycles. The van der Waals surface area contributed by atoms with Crippen LogP contribution >= 0.6 is 0 Å². The number of hydrogen-bond donors (Lipinski definition) is 4. The monoisotopic (exact) mass is 389 g/mol. The van der Waals surface area contributed by atoms with Crippen molar-refractivity contribution in [2.45, 2.75) is 51.5 Å². The molecular weight excluding hydrogens is 354 g/mol. The van der Waals surface area contributed by atoms with E-state index < -0.39 is 5.91 Å². The molecule has 7 heteroatoms. The predicted molar refractivity (Wildman–Crippen MR) is 114 cm³/mol. The maximum Gasteiger partial charge on any atom is 0.219 e. The molecule has 0 spiro atoms. The van der Waals surface area contributed by atoms with Crippen molar-refractivity contribution in [3.8, 4) is 0 Å². The van der Waals surface area contributed by atoms with Gasteiger partial charge in [0.25, 0.3) is 0 Å². The average Bonchev–Trinajstić information content (AvgIpc) is 2.66. The number of anilines is 1. The van der Waals surface area contributed by atoms with E-state index in [9.17, 15) is 4.79 Å². The smallest absolute Gasteiger partial charge is 0.219 e. The normalized spacial score (nSPS) is 16.0. The Labute approximate surface area is 168 Å². The highest BCUT2D eigenvalue weighted by molar-refractivity contribution is 6.01. The number of nitrogens with one attached hydrogen (secondary N) is 3. The molecule has 0 saturated carbocycles.